The Labute approximate surface area is 103 Å². The molecule has 98 valence electrons. The molecule has 2 nitrogen and oxygen atoms in total. The lowest BCUT2D eigenvalue weighted by atomic mass is 9.85. The molecule has 0 aromatic rings. The first-order valence-electron chi connectivity index (χ1n) is 6.77. The molecule has 0 saturated carbocycles. The SMILES string of the molecule is CCCNC(CC(C)CC)C(C)(C)N(C)C. The highest BCUT2D eigenvalue weighted by atomic mass is 15.2. The molecule has 16 heavy (non-hydrogen) atoms. The maximum atomic E-state index is 3.71. The van der Waals surface area contributed by atoms with Gasteiger partial charge in [-0.15, -0.1) is 0 Å². The zero-order valence-corrected chi connectivity index (χ0v) is 12.4. The van der Waals surface area contributed by atoms with Gasteiger partial charge in [-0.1, -0.05) is 27.2 Å². The van der Waals surface area contributed by atoms with Crippen LogP contribution in [0, 0.1) is 5.92 Å². The van der Waals surface area contributed by atoms with Gasteiger partial charge in [0, 0.05) is 11.6 Å². The van der Waals surface area contributed by atoms with Gasteiger partial charge >= 0.3 is 0 Å². The van der Waals surface area contributed by atoms with Crippen LogP contribution in [0.15, 0.2) is 0 Å². The molecule has 0 amide bonds. The number of nitrogens with one attached hydrogen (secondary N) is 1. The van der Waals surface area contributed by atoms with Gasteiger partial charge in [-0.3, -0.25) is 0 Å². The molecular formula is C14H32N2. The van der Waals surface area contributed by atoms with E-state index < -0.39 is 0 Å². The summed E-state index contributed by atoms with van der Waals surface area (Å²) in [7, 11) is 4.36. The summed E-state index contributed by atoms with van der Waals surface area (Å²) in [6.45, 7) is 12.7. The van der Waals surface area contributed by atoms with Crippen LogP contribution < -0.4 is 5.32 Å². The van der Waals surface area contributed by atoms with Crippen molar-refractivity contribution in [1.29, 1.82) is 0 Å². The zero-order chi connectivity index (χ0) is 12.8. The number of nitrogens with zero attached hydrogens (tertiary/aromatic N) is 1. The van der Waals surface area contributed by atoms with Gasteiger partial charge in [0.1, 0.15) is 0 Å². The minimum absolute atomic E-state index is 0.221. The average Bonchev–Trinajstić information content (AvgIpc) is 2.23. The summed E-state index contributed by atoms with van der Waals surface area (Å²) in [6, 6.07) is 0.581. The second kappa shape index (κ2) is 7.29. The van der Waals surface area contributed by atoms with Crippen molar-refractivity contribution in [2.24, 2.45) is 5.92 Å². The van der Waals surface area contributed by atoms with Gasteiger partial charge in [0.05, 0.1) is 0 Å². The van der Waals surface area contributed by atoms with E-state index in [1.807, 2.05) is 0 Å². The Morgan fingerprint density at radius 3 is 2.12 bits per heavy atom. The van der Waals surface area contributed by atoms with Crippen LogP contribution in [0.3, 0.4) is 0 Å². The van der Waals surface area contributed by atoms with Gasteiger partial charge in [0.25, 0.3) is 0 Å². The van der Waals surface area contributed by atoms with E-state index in [9.17, 15) is 0 Å². The van der Waals surface area contributed by atoms with Crippen LogP contribution in [-0.4, -0.2) is 37.1 Å². The molecule has 0 bridgehead atoms. The van der Waals surface area contributed by atoms with E-state index in [1.54, 1.807) is 0 Å². The van der Waals surface area contributed by atoms with Crippen molar-refractivity contribution < 1.29 is 0 Å². The quantitative estimate of drug-likeness (QED) is 0.686. The van der Waals surface area contributed by atoms with Crippen molar-refractivity contribution in [3.63, 3.8) is 0 Å². The first-order chi connectivity index (χ1) is 7.36. The molecule has 0 aromatic heterocycles. The Morgan fingerprint density at radius 1 is 1.19 bits per heavy atom. The van der Waals surface area contributed by atoms with E-state index in [2.05, 4.69) is 58.9 Å². The van der Waals surface area contributed by atoms with Gasteiger partial charge in [-0.2, -0.15) is 0 Å². The van der Waals surface area contributed by atoms with Crippen LogP contribution in [0.2, 0.25) is 0 Å². The summed E-state index contributed by atoms with van der Waals surface area (Å²) < 4.78 is 0. The predicted octanol–water partition coefficient (Wildman–Crippen LogP) is 3.13. The molecule has 0 saturated heterocycles. The lowest BCUT2D eigenvalue weighted by Crippen LogP contribution is -2.55. The summed E-state index contributed by atoms with van der Waals surface area (Å²) in [6.07, 6.45) is 3.75. The normalized spacial score (nSPS) is 16.5. The first kappa shape index (κ1) is 15.9. The van der Waals surface area contributed by atoms with Gasteiger partial charge in [-0.05, 0) is 53.2 Å². The number of likely N-dealkylation sites (N-methyl/N-ethyl adjacent to an activating group) is 1. The zero-order valence-electron chi connectivity index (χ0n) is 12.4. The molecule has 2 atom stereocenters. The second-order valence-corrected chi connectivity index (χ2v) is 5.80. The van der Waals surface area contributed by atoms with Crippen LogP contribution >= 0.6 is 0 Å². The third-order valence-electron chi connectivity index (χ3n) is 3.98. The van der Waals surface area contributed by atoms with Crippen molar-refractivity contribution in [2.75, 3.05) is 20.6 Å². The lowest BCUT2D eigenvalue weighted by molar-refractivity contribution is 0.122. The number of rotatable bonds is 8. The van der Waals surface area contributed by atoms with Crippen LogP contribution in [-0.2, 0) is 0 Å². The Morgan fingerprint density at radius 2 is 1.75 bits per heavy atom. The first-order valence-corrected chi connectivity index (χ1v) is 6.77. The fourth-order valence-electron chi connectivity index (χ4n) is 1.82. The van der Waals surface area contributed by atoms with Crippen molar-refractivity contribution >= 4 is 0 Å². The fourth-order valence-corrected chi connectivity index (χ4v) is 1.82. The second-order valence-electron chi connectivity index (χ2n) is 5.80. The van der Waals surface area contributed by atoms with Crippen molar-refractivity contribution in [3.05, 3.63) is 0 Å². The number of hydrogen-bond donors (Lipinski definition) is 1. The van der Waals surface area contributed by atoms with Gasteiger partial charge in [0.15, 0.2) is 0 Å². The lowest BCUT2D eigenvalue weighted by Gasteiger charge is -2.42. The van der Waals surface area contributed by atoms with Gasteiger partial charge in [-0.25, -0.2) is 0 Å². The highest BCUT2D eigenvalue weighted by Gasteiger charge is 2.31. The molecule has 0 radical (unpaired) electrons. The largest absolute Gasteiger partial charge is 0.312 e. The van der Waals surface area contributed by atoms with E-state index in [-0.39, 0.29) is 5.54 Å². The maximum absolute atomic E-state index is 3.71. The minimum atomic E-state index is 0.221. The summed E-state index contributed by atoms with van der Waals surface area (Å²) in [5, 5.41) is 3.71. The summed E-state index contributed by atoms with van der Waals surface area (Å²) in [5.74, 6) is 0.800. The number of hydrogen-bond acceptors (Lipinski definition) is 2. The van der Waals surface area contributed by atoms with E-state index >= 15 is 0 Å². The molecule has 0 aromatic carbocycles. The molecule has 0 heterocycles. The highest BCUT2D eigenvalue weighted by Crippen LogP contribution is 2.23. The Kier molecular flexibility index (Phi) is 7.25. The van der Waals surface area contributed by atoms with E-state index in [0.717, 1.165) is 12.5 Å². The highest BCUT2D eigenvalue weighted by molar-refractivity contribution is 4.91. The van der Waals surface area contributed by atoms with Crippen LogP contribution in [0.25, 0.3) is 0 Å². The van der Waals surface area contributed by atoms with Gasteiger partial charge < -0.3 is 10.2 Å². The van der Waals surface area contributed by atoms with E-state index in [1.165, 1.54) is 19.3 Å². The van der Waals surface area contributed by atoms with Crippen molar-refractivity contribution in [1.82, 2.24) is 10.2 Å². The Bertz CT molecular complexity index is 176. The summed E-state index contributed by atoms with van der Waals surface area (Å²) in [4.78, 5) is 2.34. The van der Waals surface area contributed by atoms with Crippen molar-refractivity contribution in [3.8, 4) is 0 Å². The molecule has 0 aliphatic rings. The summed E-state index contributed by atoms with van der Waals surface area (Å²) in [5.41, 5.74) is 0.221. The third-order valence-corrected chi connectivity index (χ3v) is 3.98. The Balaban J connectivity index is 4.52. The standard InChI is InChI=1S/C14H32N2/c1-8-10-15-13(11-12(3)9-2)14(4,5)16(6)7/h12-13,15H,8-11H2,1-7H3. The molecule has 1 N–H and O–H groups in total. The molecule has 0 rings (SSSR count). The third kappa shape index (κ3) is 4.84. The van der Waals surface area contributed by atoms with Crippen LogP contribution in [0.5, 0.6) is 0 Å². The minimum Gasteiger partial charge on any atom is -0.312 e. The smallest absolute Gasteiger partial charge is 0.0300 e. The van der Waals surface area contributed by atoms with Crippen LogP contribution in [0.4, 0.5) is 0 Å². The van der Waals surface area contributed by atoms with Crippen molar-refractivity contribution in [2.45, 2.75) is 65.5 Å². The monoisotopic (exact) mass is 228 g/mol. The molecular weight excluding hydrogens is 196 g/mol. The van der Waals surface area contributed by atoms with Gasteiger partial charge in [0.2, 0.25) is 0 Å². The molecule has 0 aliphatic heterocycles. The summed E-state index contributed by atoms with van der Waals surface area (Å²) >= 11 is 0. The van der Waals surface area contributed by atoms with Crippen LogP contribution in [0.1, 0.15) is 53.9 Å². The van der Waals surface area contributed by atoms with E-state index in [4.69, 9.17) is 0 Å². The van der Waals surface area contributed by atoms with E-state index in [0.29, 0.717) is 6.04 Å². The maximum Gasteiger partial charge on any atom is 0.0300 e. The molecule has 0 aliphatic carbocycles. The topological polar surface area (TPSA) is 15.3 Å². The fraction of sp³-hybridized carbons (Fsp3) is 1.00. The Hall–Kier alpha value is -0.0800. The molecule has 0 spiro atoms. The molecule has 0 fully saturated rings. The predicted molar refractivity (Wildman–Crippen MR) is 73.9 cm³/mol. The average molecular weight is 228 g/mol. The molecule has 2 heteroatoms. The molecule has 2 unspecified atom stereocenters.